The van der Waals surface area contributed by atoms with Crippen molar-refractivity contribution in [1.82, 2.24) is 0 Å². The molecule has 113 valence electrons. The van der Waals surface area contributed by atoms with Gasteiger partial charge in [0.25, 0.3) is 0 Å². The highest BCUT2D eigenvalue weighted by Crippen LogP contribution is 2.22. The van der Waals surface area contributed by atoms with E-state index >= 15 is 0 Å². The average molecular weight is 430 g/mol. The molecule has 0 heterocycles. The van der Waals surface area contributed by atoms with Gasteiger partial charge in [-0.3, -0.25) is 0 Å². The summed E-state index contributed by atoms with van der Waals surface area (Å²) >= 11 is -3.19. The summed E-state index contributed by atoms with van der Waals surface area (Å²) in [6.45, 7) is 0. The Hall–Kier alpha value is -1.13. The standard InChI is InChI=1S/C13H10F3IO3S/c14-13(15,16)21(18,19)20-17(11-7-3-1-4-8-11)12-9-5-2-6-10-12/h1-10H/q+1. The fourth-order valence-corrected chi connectivity index (χ4v) is 7.89. The maximum absolute atomic E-state index is 12.5. The van der Waals surface area contributed by atoms with Gasteiger partial charge in [-0.05, 0) is 26.8 Å². The first-order valence-corrected chi connectivity index (χ1v) is 10.1. The van der Waals surface area contributed by atoms with Gasteiger partial charge in [-0.1, -0.05) is 36.4 Å². The molecule has 0 unspecified atom stereocenters. The van der Waals surface area contributed by atoms with Crippen LogP contribution in [0, 0.1) is 7.14 Å². The Balaban J connectivity index is 2.44. The van der Waals surface area contributed by atoms with Crippen LogP contribution >= 0.6 is 0 Å². The van der Waals surface area contributed by atoms with Gasteiger partial charge in [0.15, 0.2) is 7.14 Å². The number of hydrogen-bond acceptors (Lipinski definition) is 3. The summed E-state index contributed by atoms with van der Waals surface area (Å²) < 4.78 is 65.7. The fraction of sp³-hybridized carbons (Fsp3) is 0.0769. The highest BCUT2D eigenvalue weighted by Gasteiger charge is 2.53. The van der Waals surface area contributed by atoms with Crippen molar-refractivity contribution < 1.29 is 44.3 Å². The van der Waals surface area contributed by atoms with E-state index in [4.69, 9.17) is 0 Å². The van der Waals surface area contributed by atoms with Gasteiger partial charge >= 0.3 is 35.9 Å². The molecule has 0 N–H and O–H groups in total. The first-order valence-electron chi connectivity index (χ1n) is 5.62. The Bertz CT molecular complexity index is 648. The smallest absolute Gasteiger partial charge is 0.186 e. The van der Waals surface area contributed by atoms with Crippen LogP contribution in [0.15, 0.2) is 60.7 Å². The van der Waals surface area contributed by atoms with Crippen molar-refractivity contribution in [1.29, 1.82) is 0 Å². The van der Waals surface area contributed by atoms with Crippen LogP contribution < -0.4 is 20.2 Å². The van der Waals surface area contributed by atoms with Gasteiger partial charge in [0.05, 0.1) is 0 Å². The molecule has 0 bridgehead atoms. The Morgan fingerprint density at radius 1 is 0.810 bits per heavy atom. The third kappa shape index (κ3) is 3.95. The number of benzene rings is 2. The molecule has 8 heteroatoms. The van der Waals surface area contributed by atoms with Crippen LogP contribution in [0.2, 0.25) is 0 Å². The summed E-state index contributed by atoms with van der Waals surface area (Å²) in [5.41, 5.74) is -5.42. The Labute approximate surface area is 127 Å². The summed E-state index contributed by atoms with van der Waals surface area (Å²) in [5.74, 6) is 0. The predicted octanol–water partition coefficient (Wildman–Crippen LogP) is 0.132. The Kier molecular flexibility index (Phi) is 4.89. The maximum Gasteiger partial charge on any atom is 0.526 e. The summed E-state index contributed by atoms with van der Waals surface area (Å²) in [4.78, 5) is 0. The molecule has 2 rings (SSSR count). The zero-order chi connectivity index (χ0) is 15.5. The van der Waals surface area contributed by atoms with Gasteiger partial charge in [0.2, 0.25) is 0 Å². The molecule has 0 aromatic heterocycles. The summed E-state index contributed by atoms with van der Waals surface area (Å²) in [6.07, 6.45) is 0. The minimum absolute atomic E-state index is 0.473. The van der Waals surface area contributed by atoms with Gasteiger partial charge in [-0.2, -0.15) is 21.6 Å². The van der Waals surface area contributed by atoms with E-state index in [0.29, 0.717) is 7.14 Å². The van der Waals surface area contributed by atoms with Crippen LogP contribution in [0.1, 0.15) is 0 Å². The van der Waals surface area contributed by atoms with Crippen molar-refractivity contribution in [3.8, 4) is 0 Å². The molecule has 1 radical (unpaired) electrons. The van der Waals surface area contributed by atoms with E-state index in [1.807, 2.05) is 0 Å². The molecular formula is C13H10F3IO3S+. The number of rotatable bonds is 4. The first kappa shape index (κ1) is 16.2. The number of hydrogen-bond donors (Lipinski definition) is 0. The van der Waals surface area contributed by atoms with E-state index in [2.05, 4.69) is 2.51 Å². The Morgan fingerprint density at radius 3 is 1.52 bits per heavy atom. The molecule has 0 saturated heterocycles. The van der Waals surface area contributed by atoms with E-state index in [-0.39, 0.29) is 0 Å². The number of alkyl halides is 3. The second-order valence-electron chi connectivity index (χ2n) is 3.80. The van der Waals surface area contributed by atoms with Gasteiger partial charge in [0, 0.05) is 0 Å². The van der Waals surface area contributed by atoms with Crippen LogP contribution in [-0.2, 0) is 12.6 Å². The zero-order valence-electron chi connectivity index (χ0n) is 10.4. The molecule has 0 aliphatic carbocycles. The molecule has 0 atom stereocenters. The van der Waals surface area contributed by atoms with Crippen molar-refractivity contribution in [3.05, 3.63) is 67.8 Å². The first-order chi connectivity index (χ1) is 9.81. The van der Waals surface area contributed by atoms with Crippen LogP contribution in [0.3, 0.4) is 0 Å². The van der Waals surface area contributed by atoms with Gasteiger partial charge < -0.3 is 0 Å². The van der Waals surface area contributed by atoms with Crippen molar-refractivity contribution in [2.45, 2.75) is 5.51 Å². The molecule has 0 spiro atoms. The summed E-state index contributed by atoms with van der Waals surface area (Å²) in [6, 6.07) is 16.2. The minimum atomic E-state index is -5.62. The van der Waals surface area contributed by atoms with Crippen LogP contribution in [-0.4, -0.2) is 13.9 Å². The van der Waals surface area contributed by atoms with Crippen LogP contribution in [0.5, 0.6) is 0 Å². The zero-order valence-corrected chi connectivity index (χ0v) is 13.4. The lowest BCUT2D eigenvalue weighted by molar-refractivity contribution is -1.03. The van der Waals surface area contributed by atoms with Gasteiger partial charge in [-0.15, -0.1) is 0 Å². The van der Waals surface area contributed by atoms with E-state index in [1.165, 1.54) is 0 Å². The van der Waals surface area contributed by atoms with E-state index in [9.17, 15) is 21.6 Å². The van der Waals surface area contributed by atoms with E-state index in [0.717, 1.165) is 0 Å². The predicted molar refractivity (Wildman–Crippen MR) is 66.3 cm³/mol. The van der Waals surface area contributed by atoms with Crippen LogP contribution in [0.4, 0.5) is 13.2 Å². The second-order valence-corrected chi connectivity index (χ2v) is 10.3. The topological polar surface area (TPSA) is 43.4 Å². The molecule has 0 amide bonds. The normalized spacial score (nSPS) is 12.6. The SMILES string of the molecule is O=S(=O)(O[I+](c1ccccc1)c1ccccc1)C(F)(F)F. The highest BCUT2D eigenvalue weighted by molar-refractivity contribution is 7.87. The average Bonchev–Trinajstić information content (AvgIpc) is 2.45. The van der Waals surface area contributed by atoms with Gasteiger partial charge in [-0.25, -0.2) is 0 Å². The third-order valence-electron chi connectivity index (χ3n) is 2.29. The molecular weight excluding hydrogens is 420 g/mol. The van der Waals surface area contributed by atoms with Gasteiger partial charge in [0.1, 0.15) is 0 Å². The molecule has 0 fully saturated rings. The molecule has 0 aliphatic heterocycles. The third-order valence-corrected chi connectivity index (χ3v) is 9.35. The summed E-state index contributed by atoms with van der Waals surface area (Å²) in [5, 5.41) is 0. The lowest BCUT2D eigenvalue weighted by Crippen LogP contribution is -3.85. The molecule has 0 saturated carbocycles. The molecule has 0 aliphatic rings. The Morgan fingerprint density at radius 2 is 1.19 bits per heavy atom. The highest BCUT2D eigenvalue weighted by atomic mass is 127. The van der Waals surface area contributed by atoms with E-state index in [1.54, 1.807) is 60.7 Å². The second kappa shape index (κ2) is 6.32. The largest absolute Gasteiger partial charge is 0.526 e. The lowest BCUT2D eigenvalue weighted by atomic mass is 10.4. The van der Waals surface area contributed by atoms with E-state index < -0.39 is 35.9 Å². The van der Waals surface area contributed by atoms with Crippen molar-refractivity contribution in [2.75, 3.05) is 0 Å². The van der Waals surface area contributed by atoms with Crippen molar-refractivity contribution >= 4 is 10.1 Å². The monoisotopic (exact) mass is 430 g/mol. The lowest BCUT2D eigenvalue weighted by Gasteiger charge is -2.07. The molecule has 2 aromatic rings. The quantitative estimate of drug-likeness (QED) is 0.512. The molecule has 2 aromatic carbocycles. The molecule has 21 heavy (non-hydrogen) atoms. The van der Waals surface area contributed by atoms with Crippen molar-refractivity contribution in [3.63, 3.8) is 0 Å². The fourth-order valence-electron chi connectivity index (χ4n) is 1.38. The van der Waals surface area contributed by atoms with Crippen molar-refractivity contribution in [2.24, 2.45) is 0 Å². The minimum Gasteiger partial charge on any atom is -0.186 e. The van der Waals surface area contributed by atoms with Crippen LogP contribution in [0.25, 0.3) is 0 Å². The molecule has 3 nitrogen and oxygen atoms in total. The summed E-state index contributed by atoms with van der Waals surface area (Å²) in [7, 11) is -5.62. The number of halogens is 4. The maximum atomic E-state index is 12.5.